The van der Waals surface area contributed by atoms with Crippen molar-refractivity contribution in [2.45, 2.75) is 19.4 Å². The molecule has 2 rings (SSSR count). The first kappa shape index (κ1) is 12.2. The molecule has 0 aliphatic carbocycles. The van der Waals surface area contributed by atoms with Gasteiger partial charge in [0.15, 0.2) is 5.96 Å². The van der Waals surface area contributed by atoms with Crippen molar-refractivity contribution in [3.8, 4) is 0 Å². The summed E-state index contributed by atoms with van der Waals surface area (Å²) in [4.78, 5) is 6.25. The van der Waals surface area contributed by atoms with Crippen molar-refractivity contribution >= 4 is 17.6 Å². The van der Waals surface area contributed by atoms with Crippen molar-refractivity contribution in [3.63, 3.8) is 0 Å². The van der Waals surface area contributed by atoms with E-state index < -0.39 is 5.82 Å². The number of guanidine groups is 1. The first-order chi connectivity index (χ1) is 7.99. The highest BCUT2D eigenvalue weighted by molar-refractivity contribution is 6.30. The molecular weight excluding hydrogens is 241 g/mol. The number of benzene rings is 1. The Bertz CT molecular complexity index is 475. The van der Waals surface area contributed by atoms with E-state index >= 15 is 0 Å². The molecule has 1 aromatic carbocycles. The molecule has 2 N–H and O–H groups in total. The monoisotopic (exact) mass is 255 g/mol. The van der Waals surface area contributed by atoms with Gasteiger partial charge in [-0.05, 0) is 31.5 Å². The summed E-state index contributed by atoms with van der Waals surface area (Å²) in [5.41, 5.74) is 6.43. The van der Waals surface area contributed by atoms with E-state index in [1.54, 1.807) is 12.1 Å². The maximum atomic E-state index is 13.2. The highest BCUT2D eigenvalue weighted by Gasteiger charge is 2.38. The molecule has 17 heavy (non-hydrogen) atoms. The lowest BCUT2D eigenvalue weighted by molar-refractivity contribution is 0.234. The molecule has 1 heterocycles. The molecule has 0 spiro atoms. The Morgan fingerprint density at radius 1 is 1.59 bits per heavy atom. The van der Waals surface area contributed by atoms with E-state index in [-0.39, 0.29) is 10.6 Å². The van der Waals surface area contributed by atoms with Crippen LogP contribution in [0.1, 0.15) is 19.4 Å². The highest BCUT2D eigenvalue weighted by Crippen LogP contribution is 2.34. The molecule has 1 aliphatic heterocycles. The van der Waals surface area contributed by atoms with Crippen LogP contribution < -0.4 is 5.73 Å². The smallest absolute Gasteiger partial charge is 0.192 e. The van der Waals surface area contributed by atoms with Crippen LogP contribution >= 0.6 is 11.6 Å². The number of likely N-dealkylation sites (N-methyl/N-ethyl adjacent to an activating group) is 1. The summed E-state index contributed by atoms with van der Waals surface area (Å²) in [6.45, 7) is 5.36. The second-order valence-corrected chi connectivity index (χ2v) is 4.73. The van der Waals surface area contributed by atoms with Crippen LogP contribution in [-0.2, 0) is 5.54 Å². The minimum Gasteiger partial charge on any atom is -0.370 e. The Morgan fingerprint density at radius 2 is 2.29 bits per heavy atom. The summed E-state index contributed by atoms with van der Waals surface area (Å²) in [6.07, 6.45) is 0. The zero-order valence-electron chi connectivity index (χ0n) is 9.87. The van der Waals surface area contributed by atoms with E-state index in [0.717, 1.165) is 12.1 Å². The van der Waals surface area contributed by atoms with Crippen molar-refractivity contribution in [2.75, 3.05) is 13.1 Å². The molecule has 0 amide bonds. The van der Waals surface area contributed by atoms with Crippen LogP contribution in [-0.4, -0.2) is 23.9 Å². The van der Waals surface area contributed by atoms with Crippen LogP contribution in [0.2, 0.25) is 5.02 Å². The summed E-state index contributed by atoms with van der Waals surface area (Å²) >= 11 is 5.82. The summed E-state index contributed by atoms with van der Waals surface area (Å²) in [7, 11) is 0. The molecule has 0 saturated carbocycles. The van der Waals surface area contributed by atoms with E-state index in [4.69, 9.17) is 17.3 Å². The molecule has 0 aromatic heterocycles. The second kappa shape index (κ2) is 4.18. The number of nitrogens with zero attached hydrogens (tertiary/aromatic N) is 2. The number of rotatable bonds is 2. The number of aliphatic imine (C=N–C) groups is 1. The van der Waals surface area contributed by atoms with Crippen LogP contribution in [0.4, 0.5) is 4.39 Å². The maximum Gasteiger partial charge on any atom is 0.192 e. The van der Waals surface area contributed by atoms with Gasteiger partial charge in [-0.15, -0.1) is 0 Å². The second-order valence-electron chi connectivity index (χ2n) is 4.32. The summed E-state index contributed by atoms with van der Waals surface area (Å²) in [5.74, 6) is 0.115. The Labute approximate surface area is 105 Å². The average molecular weight is 256 g/mol. The van der Waals surface area contributed by atoms with Crippen LogP contribution in [0.5, 0.6) is 0 Å². The first-order valence-corrected chi connectivity index (χ1v) is 5.90. The van der Waals surface area contributed by atoms with Gasteiger partial charge in [0, 0.05) is 6.54 Å². The van der Waals surface area contributed by atoms with Crippen molar-refractivity contribution in [2.24, 2.45) is 10.7 Å². The molecule has 0 fully saturated rings. The summed E-state index contributed by atoms with van der Waals surface area (Å²) < 4.78 is 13.2. The topological polar surface area (TPSA) is 41.6 Å². The van der Waals surface area contributed by atoms with Gasteiger partial charge in [0.05, 0.1) is 17.1 Å². The number of halogens is 2. The lowest BCUT2D eigenvalue weighted by Gasteiger charge is -2.36. The Hall–Kier alpha value is -1.29. The van der Waals surface area contributed by atoms with E-state index in [1.807, 2.05) is 18.7 Å². The molecule has 5 heteroatoms. The van der Waals surface area contributed by atoms with Gasteiger partial charge in [-0.25, -0.2) is 4.39 Å². The average Bonchev–Trinajstić information content (AvgIpc) is 2.59. The fourth-order valence-corrected chi connectivity index (χ4v) is 2.43. The molecule has 92 valence electrons. The third kappa shape index (κ3) is 1.86. The number of hydrogen-bond acceptors (Lipinski definition) is 3. The Kier molecular flexibility index (Phi) is 3.00. The summed E-state index contributed by atoms with van der Waals surface area (Å²) in [6, 6.07) is 4.76. The first-order valence-electron chi connectivity index (χ1n) is 5.52. The lowest BCUT2D eigenvalue weighted by Crippen LogP contribution is -2.47. The van der Waals surface area contributed by atoms with Crippen molar-refractivity contribution in [3.05, 3.63) is 34.6 Å². The van der Waals surface area contributed by atoms with E-state index in [9.17, 15) is 4.39 Å². The maximum absolute atomic E-state index is 13.2. The standard InChI is InChI=1S/C12H15ClFN3/c1-3-17-11(15)16-7-12(17,2)8-4-5-10(14)9(13)6-8/h4-6H,3,7H2,1-2H3,(H2,15,16). The molecule has 3 nitrogen and oxygen atoms in total. The zero-order chi connectivity index (χ0) is 12.6. The van der Waals surface area contributed by atoms with Gasteiger partial charge in [-0.2, -0.15) is 0 Å². The minimum atomic E-state index is -0.408. The predicted octanol–water partition coefficient (Wildman–Crippen LogP) is 2.34. The quantitative estimate of drug-likeness (QED) is 0.881. The van der Waals surface area contributed by atoms with Crippen LogP contribution in [0, 0.1) is 5.82 Å². The van der Waals surface area contributed by atoms with Gasteiger partial charge in [-0.1, -0.05) is 17.7 Å². The minimum absolute atomic E-state index is 0.130. The van der Waals surface area contributed by atoms with Crippen molar-refractivity contribution < 1.29 is 4.39 Å². The lowest BCUT2D eigenvalue weighted by atomic mass is 9.91. The number of nitrogens with two attached hydrogens (primary N) is 1. The fraction of sp³-hybridized carbons (Fsp3) is 0.417. The van der Waals surface area contributed by atoms with Crippen LogP contribution in [0.25, 0.3) is 0 Å². The van der Waals surface area contributed by atoms with Crippen molar-refractivity contribution in [1.29, 1.82) is 0 Å². The fourth-order valence-electron chi connectivity index (χ4n) is 2.25. The normalized spacial score (nSPS) is 24.0. The molecule has 1 aliphatic rings. The molecule has 0 radical (unpaired) electrons. The highest BCUT2D eigenvalue weighted by atomic mass is 35.5. The van der Waals surface area contributed by atoms with Crippen molar-refractivity contribution in [1.82, 2.24) is 4.90 Å². The third-order valence-corrected chi connectivity index (χ3v) is 3.57. The van der Waals surface area contributed by atoms with Crippen LogP contribution in [0.15, 0.2) is 23.2 Å². The van der Waals surface area contributed by atoms with E-state index in [1.165, 1.54) is 6.07 Å². The third-order valence-electron chi connectivity index (χ3n) is 3.28. The van der Waals surface area contributed by atoms with Gasteiger partial charge < -0.3 is 10.6 Å². The predicted molar refractivity (Wildman–Crippen MR) is 67.6 cm³/mol. The Balaban J connectivity index is 2.42. The molecule has 1 unspecified atom stereocenters. The van der Waals surface area contributed by atoms with Gasteiger partial charge in [-0.3, -0.25) is 4.99 Å². The molecule has 0 saturated heterocycles. The molecule has 0 bridgehead atoms. The van der Waals surface area contributed by atoms with Gasteiger partial charge >= 0.3 is 0 Å². The zero-order valence-corrected chi connectivity index (χ0v) is 10.6. The largest absolute Gasteiger partial charge is 0.370 e. The number of hydrogen-bond donors (Lipinski definition) is 1. The van der Waals surface area contributed by atoms with Gasteiger partial charge in [0.25, 0.3) is 0 Å². The van der Waals surface area contributed by atoms with E-state index in [2.05, 4.69) is 4.99 Å². The van der Waals surface area contributed by atoms with Crippen LogP contribution in [0.3, 0.4) is 0 Å². The molecule has 1 aromatic rings. The molecule has 1 atom stereocenters. The summed E-state index contributed by atoms with van der Waals surface area (Å²) in [5, 5.41) is 0.130. The van der Waals surface area contributed by atoms with E-state index in [0.29, 0.717) is 12.5 Å². The SMILES string of the molecule is CCN1C(N)=NCC1(C)c1ccc(F)c(Cl)c1. The van der Waals surface area contributed by atoms with Gasteiger partial charge in [0.1, 0.15) is 5.82 Å². The molecular formula is C12H15ClFN3. The van der Waals surface area contributed by atoms with Gasteiger partial charge in [0.2, 0.25) is 0 Å². The Morgan fingerprint density at radius 3 is 2.88 bits per heavy atom.